The molecule has 4 aliphatic rings. The molecule has 2 N–H and O–H groups in total. The molecule has 6 rings (SSSR count). The van der Waals surface area contributed by atoms with Crippen molar-refractivity contribution in [1.29, 1.82) is 0 Å². The van der Waals surface area contributed by atoms with Crippen molar-refractivity contribution < 1.29 is 48.5 Å². The number of aliphatic hydroxyl groups is 2. The zero-order chi connectivity index (χ0) is 31.8. The van der Waals surface area contributed by atoms with Crippen molar-refractivity contribution in [3.63, 3.8) is 0 Å². The van der Waals surface area contributed by atoms with Crippen LogP contribution >= 0.6 is 0 Å². The fraction of sp³-hybridized carbons (Fsp3) is 0.484. The number of rotatable bonds is 10. The molecule has 4 atom stereocenters. The number of nitrogens with zero attached hydrogens (tertiary/aromatic N) is 4. The standard InChI is InChI=1S/C31H36N4O10/c1-42-20-6-8-24-22(14-20)28(38)32-16-18(36)12-26(32)30(40)34(24)44-10-4-3-5-11-45-35-25-9-7-21(43-2)15-23(25)29(39)33-17-19(37)13-27(33)31(35)41/h6-9,14-15,18-19,26-27,36-37H,3-5,10-13,16-17H2,1-2H3/t18-,19?,26+,27?/m1/s1. The highest BCUT2D eigenvalue weighted by molar-refractivity contribution is 6.11. The summed E-state index contributed by atoms with van der Waals surface area (Å²) in [6, 6.07) is 7.96. The molecule has 4 aliphatic heterocycles. The number of unbranched alkanes of at least 4 members (excludes halogenated alkanes) is 2. The van der Waals surface area contributed by atoms with Gasteiger partial charge in [0.15, 0.2) is 0 Å². The molecular weight excluding hydrogens is 588 g/mol. The first-order valence-electron chi connectivity index (χ1n) is 15.0. The lowest BCUT2D eigenvalue weighted by Crippen LogP contribution is -2.45. The number of amides is 4. The third kappa shape index (κ3) is 5.70. The van der Waals surface area contributed by atoms with Gasteiger partial charge in [0.2, 0.25) is 0 Å². The number of benzene rings is 2. The quantitative estimate of drug-likeness (QED) is 0.369. The molecule has 240 valence electrons. The van der Waals surface area contributed by atoms with Crippen LogP contribution in [0.3, 0.4) is 0 Å². The highest BCUT2D eigenvalue weighted by Crippen LogP contribution is 2.36. The number of fused-ring (bicyclic) bond motifs is 4. The number of hydroxylamine groups is 2. The first-order valence-corrected chi connectivity index (χ1v) is 15.0. The number of methoxy groups -OCH3 is 2. The summed E-state index contributed by atoms with van der Waals surface area (Å²) in [6.07, 6.45) is 0.333. The Morgan fingerprint density at radius 2 is 1.09 bits per heavy atom. The Balaban J connectivity index is 1.08. The summed E-state index contributed by atoms with van der Waals surface area (Å²) in [7, 11) is 2.97. The minimum absolute atomic E-state index is 0.0603. The molecule has 2 unspecified atom stereocenters. The maximum Gasteiger partial charge on any atom is 0.273 e. The third-order valence-electron chi connectivity index (χ3n) is 8.59. The lowest BCUT2D eigenvalue weighted by Gasteiger charge is -2.25. The van der Waals surface area contributed by atoms with E-state index < -0.39 is 36.1 Å². The van der Waals surface area contributed by atoms with Crippen LogP contribution in [0.15, 0.2) is 36.4 Å². The molecule has 2 saturated heterocycles. The number of aliphatic hydroxyl groups excluding tert-OH is 2. The van der Waals surface area contributed by atoms with Gasteiger partial charge in [0.25, 0.3) is 23.6 Å². The van der Waals surface area contributed by atoms with Gasteiger partial charge in [0.1, 0.15) is 23.6 Å². The van der Waals surface area contributed by atoms with Crippen molar-refractivity contribution in [3.8, 4) is 11.5 Å². The molecule has 4 amide bonds. The van der Waals surface area contributed by atoms with E-state index in [9.17, 15) is 29.4 Å². The van der Waals surface area contributed by atoms with Crippen LogP contribution in [0.1, 0.15) is 52.8 Å². The number of anilines is 2. The van der Waals surface area contributed by atoms with E-state index >= 15 is 0 Å². The smallest absolute Gasteiger partial charge is 0.273 e. The van der Waals surface area contributed by atoms with Crippen LogP contribution in [-0.2, 0) is 19.3 Å². The molecule has 45 heavy (non-hydrogen) atoms. The molecule has 0 aromatic heterocycles. The summed E-state index contributed by atoms with van der Waals surface area (Å²) < 4.78 is 10.6. The van der Waals surface area contributed by atoms with Crippen LogP contribution in [-0.4, -0.2) is 108 Å². The van der Waals surface area contributed by atoms with Gasteiger partial charge in [-0.2, -0.15) is 10.1 Å². The Morgan fingerprint density at radius 1 is 0.667 bits per heavy atom. The van der Waals surface area contributed by atoms with Gasteiger partial charge in [0, 0.05) is 25.9 Å². The summed E-state index contributed by atoms with van der Waals surface area (Å²) in [6.45, 7) is 0.445. The first kappa shape index (κ1) is 30.8. The summed E-state index contributed by atoms with van der Waals surface area (Å²) in [4.78, 5) is 68.1. The van der Waals surface area contributed by atoms with E-state index in [0.29, 0.717) is 42.1 Å². The second-order valence-electron chi connectivity index (χ2n) is 11.5. The predicted molar refractivity (Wildman–Crippen MR) is 158 cm³/mol. The molecule has 14 heteroatoms. The molecule has 0 saturated carbocycles. The van der Waals surface area contributed by atoms with Crippen molar-refractivity contribution in [1.82, 2.24) is 9.80 Å². The number of hydrogen-bond donors (Lipinski definition) is 2. The van der Waals surface area contributed by atoms with E-state index in [1.54, 1.807) is 36.4 Å². The molecule has 0 spiro atoms. The van der Waals surface area contributed by atoms with E-state index in [0.717, 1.165) is 10.1 Å². The summed E-state index contributed by atoms with van der Waals surface area (Å²) in [5, 5.41) is 22.7. The first-order chi connectivity index (χ1) is 21.7. The topological polar surface area (TPSA) is 159 Å². The predicted octanol–water partition coefficient (Wildman–Crippen LogP) is 1.28. The minimum Gasteiger partial charge on any atom is -0.497 e. The summed E-state index contributed by atoms with van der Waals surface area (Å²) >= 11 is 0. The zero-order valence-corrected chi connectivity index (χ0v) is 25.1. The van der Waals surface area contributed by atoms with Crippen LogP contribution in [0.5, 0.6) is 11.5 Å². The molecule has 0 radical (unpaired) electrons. The molecule has 0 aliphatic carbocycles. The number of carbonyl (C=O) groups excluding carboxylic acids is 4. The van der Waals surface area contributed by atoms with Crippen molar-refractivity contribution in [2.24, 2.45) is 0 Å². The molecule has 2 aromatic carbocycles. The number of hydrogen-bond acceptors (Lipinski definition) is 10. The Hall–Kier alpha value is -4.24. The Kier molecular flexibility index (Phi) is 8.64. The van der Waals surface area contributed by atoms with Crippen molar-refractivity contribution in [2.45, 2.75) is 56.4 Å². The Morgan fingerprint density at radius 3 is 1.49 bits per heavy atom. The van der Waals surface area contributed by atoms with E-state index in [2.05, 4.69) is 0 Å². The van der Waals surface area contributed by atoms with Gasteiger partial charge in [0.05, 0.1) is 62.1 Å². The fourth-order valence-electron chi connectivity index (χ4n) is 6.30. The van der Waals surface area contributed by atoms with Crippen molar-refractivity contribution in [3.05, 3.63) is 47.5 Å². The second kappa shape index (κ2) is 12.6. The third-order valence-corrected chi connectivity index (χ3v) is 8.59. The second-order valence-corrected chi connectivity index (χ2v) is 11.5. The SMILES string of the molecule is COc1ccc2c(c1)C(=O)N1CC(O)CC1C(=O)N2OCCCCCON1C(=O)[C@@H]2C[C@@H](O)CN2C(=O)c2cc(OC)ccc21. The highest BCUT2D eigenvalue weighted by atomic mass is 16.7. The number of ether oxygens (including phenoxy) is 2. The van der Waals surface area contributed by atoms with E-state index in [4.69, 9.17) is 19.1 Å². The molecule has 2 fully saturated rings. The average Bonchev–Trinajstić information content (AvgIpc) is 3.61. The van der Waals surface area contributed by atoms with Crippen LogP contribution in [0, 0.1) is 0 Å². The molecular formula is C31H36N4O10. The van der Waals surface area contributed by atoms with Gasteiger partial charge in [-0.05, 0) is 55.7 Å². The van der Waals surface area contributed by atoms with Gasteiger partial charge in [-0.1, -0.05) is 0 Å². The fourth-order valence-corrected chi connectivity index (χ4v) is 6.30. The summed E-state index contributed by atoms with van der Waals surface area (Å²) in [5.41, 5.74) is 1.13. The van der Waals surface area contributed by atoms with E-state index in [-0.39, 0.29) is 62.1 Å². The monoisotopic (exact) mass is 624 g/mol. The Bertz CT molecular complexity index is 1390. The normalized spacial score (nSPS) is 24.3. The zero-order valence-electron chi connectivity index (χ0n) is 25.1. The molecule has 0 bridgehead atoms. The lowest BCUT2D eigenvalue weighted by atomic mass is 10.1. The number of carbonyl (C=O) groups is 4. The van der Waals surface area contributed by atoms with Gasteiger partial charge >= 0.3 is 0 Å². The van der Waals surface area contributed by atoms with Crippen LogP contribution in [0.2, 0.25) is 0 Å². The van der Waals surface area contributed by atoms with Gasteiger partial charge < -0.3 is 29.5 Å². The van der Waals surface area contributed by atoms with Crippen LogP contribution in [0.25, 0.3) is 0 Å². The molecule has 2 aromatic rings. The van der Waals surface area contributed by atoms with Crippen molar-refractivity contribution >= 4 is 35.0 Å². The molecule has 4 heterocycles. The average molecular weight is 625 g/mol. The highest BCUT2D eigenvalue weighted by Gasteiger charge is 2.47. The van der Waals surface area contributed by atoms with Crippen molar-refractivity contribution in [2.75, 3.05) is 50.6 Å². The van der Waals surface area contributed by atoms with Crippen LogP contribution in [0.4, 0.5) is 11.4 Å². The lowest BCUT2D eigenvalue weighted by molar-refractivity contribution is -0.130. The van der Waals surface area contributed by atoms with E-state index in [1.165, 1.54) is 24.0 Å². The Labute approximate surface area is 259 Å². The van der Waals surface area contributed by atoms with Crippen LogP contribution < -0.4 is 19.6 Å². The van der Waals surface area contributed by atoms with Gasteiger partial charge in [-0.15, -0.1) is 0 Å². The maximum atomic E-state index is 13.5. The largest absolute Gasteiger partial charge is 0.497 e. The molecule has 14 nitrogen and oxygen atoms in total. The minimum atomic E-state index is -0.836. The van der Waals surface area contributed by atoms with Gasteiger partial charge in [-0.3, -0.25) is 28.9 Å². The maximum absolute atomic E-state index is 13.5. The van der Waals surface area contributed by atoms with E-state index in [1.807, 2.05) is 0 Å². The van der Waals surface area contributed by atoms with Gasteiger partial charge in [-0.25, -0.2) is 0 Å². The summed E-state index contributed by atoms with van der Waals surface area (Å²) in [5.74, 6) is -0.688.